The fourth-order valence-electron chi connectivity index (χ4n) is 2.70. The second-order valence-corrected chi connectivity index (χ2v) is 9.55. The highest BCUT2D eigenvalue weighted by molar-refractivity contribution is 7.80. The zero-order valence-corrected chi connectivity index (χ0v) is 13.4. The molecule has 1 aliphatic rings. The summed E-state index contributed by atoms with van der Waals surface area (Å²) in [5.74, 6) is 0. The van der Waals surface area contributed by atoms with Gasteiger partial charge < -0.3 is 0 Å². The Bertz CT molecular complexity index is 297. The second-order valence-electron chi connectivity index (χ2n) is 5.43. The number of unbranched alkanes of at least 4 members (excludes halogenated alkanes) is 3. The minimum absolute atomic E-state index is 0.906. The molecule has 0 aromatic heterocycles. The molecule has 102 valence electrons. The number of rotatable bonds is 10. The average Bonchev–Trinajstić information content (AvgIpc) is 2.93. The van der Waals surface area contributed by atoms with Crippen molar-refractivity contribution in [2.45, 2.75) is 59.3 Å². The first-order chi connectivity index (χ1) is 8.79. The summed E-state index contributed by atoms with van der Waals surface area (Å²) >= 11 is 0. The molecular weight excluding hydrogens is 235 g/mol. The maximum absolute atomic E-state index is 3.55. The Morgan fingerprint density at radius 2 is 1.39 bits per heavy atom. The van der Waals surface area contributed by atoms with E-state index in [-0.39, 0.29) is 0 Å². The van der Waals surface area contributed by atoms with Crippen molar-refractivity contribution in [1.29, 1.82) is 0 Å². The van der Waals surface area contributed by atoms with Crippen LogP contribution in [0.15, 0.2) is 29.3 Å². The van der Waals surface area contributed by atoms with Gasteiger partial charge >= 0.3 is 0 Å². The van der Waals surface area contributed by atoms with Crippen molar-refractivity contribution >= 4 is 7.26 Å². The Labute approximate surface area is 115 Å². The minimum atomic E-state index is -0.906. The van der Waals surface area contributed by atoms with Crippen LogP contribution >= 0.6 is 7.26 Å². The molecular formula is C17H30P+. The lowest BCUT2D eigenvalue weighted by Crippen LogP contribution is -2.10. The summed E-state index contributed by atoms with van der Waals surface area (Å²) in [5, 5.41) is 1.60. The van der Waals surface area contributed by atoms with Crippen molar-refractivity contribution in [3.05, 3.63) is 29.3 Å². The highest BCUT2D eigenvalue weighted by atomic mass is 31.2. The third-order valence-electron chi connectivity index (χ3n) is 3.91. The summed E-state index contributed by atoms with van der Waals surface area (Å²) in [7, 11) is -0.906. The monoisotopic (exact) mass is 265 g/mol. The molecule has 0 bridgehead atoms. The van der Waals surface area contributed by atoms with Crippen molar-refractivity contribution in [3.63, 3.8) is 0 Å². The molecule has 0 atom stereocenters. The first-order valence-corrected chi connectivity index (χ1v) is 10.1. The van der Waals surface area contributed by atoms with E-state index < -0.39 is 7.26 Å². The minimum Gasteiger partial charge on any atom is -0.0753 e. The second kappa shape index (κ2) is 8.73. The Morgan fingerprint density at radius 3 is 1.72 bits per heavy atom. The maximum atomic E-state index is 3.55. The number of hydrogen-bond acceptors (Lipinski definition) is 0. The number of allylic oxidation sites excluding steroid dienone is 3. The largest absolute Gasteiger partial charge is 0.135 e. The summed E-state index contributed by atoms with van der Waals surface area (Å²) in [6.45, 7) is 6.97. The van der Waals surface area contributed by atoms with Gasteiger partial charge in [-0.2, -0.15) is 0 Å². The first kappa shape index (κ1) is 15.7. The van der Waals surface area contributed by atoms with Gasteiger partial charge in [-0.25, -0.2) is 0 Å². The third kappa shape index (κ3) is 4.42. The van der Waals surface area contributed by atoms with Crippen LogP contribution in [0, 0.1) is 0 Å². The lowest BCUT2D eigenvalue weighted by atomic mass is 10.4. The first-order valence-electron chi connectivity index (χ1n) is 7.79. The van der Waals surface area contributed by atoms with E-state index in [0.717, 1.165) is 0 Å². The van der Waals surface area contributed by atoms with E-state index >= 15 is 0 Å². The summed E-state index contributed by atoms with van der Waals surface area (Å²) in [4.78, 5) is 0. The normalized spacial score (nSPS) is 14.3. The van der Waals surface area contributed by atoms with Gasteiger partial charge in [-0.1, -0.05) is 45.8 Å². The molecule has 1 heteroatoms. The van der Waals surface area contributed by atoms with Gasteiger partial charge in [0.1, 0.15) is 5.31 Å². The zero-order chi connectivity index (χ0) is 13.3. The molecule has 0 spiro atoms. The van der Waals surface area contributed by atoms with Crippen LogP contribution in [0.2, 0.25) is 0 Å². The molecule has 0 heterocycles. The molecule has 0 saturated carbocycles. The van der Waals surface area contributed by atoms with Crippen LogP contribution in [-0.2, 0) is 0 Å². The van der Waals surface area contributed by atoms with E-state index in [1.807, 2.05) is 0 Å². The van der Waals surface area contributed by atoms with E-state index in [9.17, 15) is 0 Å². The van der Waals surface area contributed by atoms with Gasteiger partial charge in [-0.15, -0.1) is 0 Å². The van der Waals surface area contributed by atoms with Gasteiger partial charge in [0, 0.05) is 0 Å². The molecule has 0 aromatic rings. The Kier molecular flexibility index (Phi) is 7.64. The molecule has 1 rings (SSSR count). The lowest BCUT2D eigenvalue weighted by molar-refractivity contribution is 0.839. The molecule has 0 aliphatic heterocycles. The van der Waals surface area contributed by atoms with Crippen LogP contribution in [0.4, 0.5) is 0 Å². The Hall–Kier alpha value is -0.310. The SMILES string of the molecule is CCCC[P+](CCCC)(CCCC)C1=C=CC=C1. The molecule has 0 amide bonds. The van der Waals surface area contributed by atoms with E-state index in [0.29, 0.717) is 0 Å². The molecule has 0 unspecified atom stereocenters. The Morgan fingerprint density at radius 1 is 0.889 bits per heavy atom. The van der Waals surface area contributed by atoms with Gasteiger partial charge in [0.2, 0.25) is 0 Å². The quantitative estimate of drug-likeness (QED) is 0.335. The molecule has 1 aliphatic carbocycles. The van der Waals surface area contributed by atoms with Crippen LogP contribution in [0.3, 0.4) is 0 Å². The third-order valence-corrected chi connectivity index (χ3v) is 8.73. The molecule has 0 N–H and O–H groups in total. The van der Waals surface area contributed by atoms with Crippen molar-refractivity contribution < 1.29 is 0 Å². The zero-order valence-electron chi connectivity index (χ0n) is 12.5. The summed E-state index contributed by atoms with van der Waals surface area (Å²) in [6.07, 6.45) is 19.3. The lowest BCUT2D eigenvalue weighted by Gasteiger charge is -2.27. The van der Waals surface area contributed by atoms with Gasteiger partial charge in [0.15, 0.2) is 0 Å². The van der Waals surface area contributed by atoms with Crippen LogP contribution in [0.25, 0.3) is 0 Å². The van der Waals surface area contributed by atoms with Gasteiger partial charge in [-0.3, -0.25) is 0 Å². The highest BCUT2D eigenvalue weighted by Crippen LogP contribution is 2.67. The fourth-order valence-corrected chi connectivity index (χ4v) is 7.60. The van der Waals surface area contributed by atoms with Crippen molar-refractivity contribution in [2.24, 2.45) is 0 Å². The van der Waals surface area contributed by atoms with Crippen LogP contribution in [0.5, 0.6) is 0 Å². The van der Waals surface area contributed by atoms with Crippen molar-refractivity contribution in [3.8, 4) is 0 Å². The van der Waals surface area contributed by atoms with Gasteiger partial charge in [0.25, 0.3) is 0 Å². The van der Waals surface area contributed by atoms with E-state index in [1.54, 1.807) is 5.31 Å². The highest BCUT2D eigenvalue weighted by Gasteiger charge is 2.39. The predicted molar refractivity (Wildman–Crippen MR) is 87.0 cm³/mol. The summed E-state index contributed by atoms with van der Waals surface area (Å²) in [5.41, 5.74) is 3.55. The van der Waals surface area contributed by atoms with Gasteiger partial charge in [0.05, 0.1) is 25.7 Å². The molecule has 0 radical (unpaired) electrons. The number of hydrogen-bond donors (Lipinski definition) is 0. The predicted octanol–water partition coefficient (Wildman–Crippen LogP) is 6.01. The smallest absolute Gasteiger partial charge is 0.0753 e. The standard InChI is InChI=1S/C17H30P/c1-4-7-14-18(15-8-5-2,16-9-6-3)17-12-10-11-13-17/h10-12H,4-9,14-16H2,1-3H3/q+1. The molecule has 0 nitrogen and oxygen atoms in total. The molecule has 18 heavy (non-hydrogen) atoms. The Balaban J connectivity index is 2.84. The topological polar surface area (TPSA) is 0 Å². The summed E-state index contributed by atoms with van der Waals surface area (Å²) < 4.78 is 0. The van der Waals surface area contributed by atoms with Gasteiger partial charge in [-0.05, 0) is 37.5 Å². The van der Waals surface area contributed by atoms with E-state index in [2.05, 4.69) is 44.7 Å². The average molecular weight is 265 g/mol. The van der Waals surface area contributed by atoms with E-state index in [1.165, 1.54) is 57.0 Å². The van der Waals surface area contributed by atoms with Crippen LogP contribution in [0.1, 0.15) is 59.3 Å². The van der Waals surface area contributed by atoms with Crippen molar-refractivity contribution in [2.75, 3.05) is 18.5 Å². The van der Waals surface area contributed by atoms with Crippen molar-refractivity contribution in [1.82, 2.24) is 0 Å². The van der Waals surface area contributed by atoms with Crippen LogP contribution in [-0.4, -0.2) is 18.5 Å². The maximum Gasteiger partial charge on any atom is 0.135 e. The molecule has 0 fully saturated rings. The summed E-state index contributed by atoms with van der Waals surface area (Å²) in [6, 6.07) is 0. The molecule has 0 aromatic carbocycles. The fraction of sp³-hybridized carbons (Fsp3) is 0.706. The molecule has 0 saturated heterocycles. The van der Waals surface area contributed by atoms with Crippen LogP contribution < -0.4 is 0 Å². The van der Waals surface area contributed by atoms with E-state index in [4.69, 9.17) is 0 Å².